The van der Waals surface area contributed by atoms with Gasteiger partial charge in [0.2, 0.25) is 0 Å². The third-order valence-corrected chi connectivity index (χ3v) is 2.82. The second-order valence-electron chi connectivity index (χ2n) is 4.12. The molecule has 1 aromatic heterocycles. The van der Waals surface area contributed by atoms with E-state index in [1.54, 1.807) is 12.3 Å². The summed E-state index contributed by atoms with van der Waals surface area (Å²) in [5.41, 5.74) is 6.35. The lowest BCUT2D eigenvalue weighted by molar-refractivity contribution is 0.0941. The summed E-state index contributed by atoms with van der Waals surface area (Å²) in [6, 6.07) is 1.69. The molecule has 1 heterocycles. The Bertz CT molecular complexity index is 376. The Kier molecular flexibility index (Phi) is 5.51. The third kappa shape index (κ3) is 4.06. The number of hydrogen-bond donors (Lipinski definition) is 2. The fraction of sp³-hybridized carbons (Fsp3) is 0.583. The molecule has 17 heavy (non-hydrogen) atoms. The number of halogens is 1. The Morgan fingerprint density at radius 2 is 2.29 bits per heavy atom. The molecule has 3 N–H and O–H groups in total. The van der Waals surface area contributed by atoms with Gasteiger partial charge in [-0.1, -0.05) is 25.4 Å². The van der Waals surface area contributed by atoms with E-state index in [4.69, 9.17) is 17.3 Å². The van der Waals surface area contributed by atoms with Crippen molar-refractivity contribution < 1.29 is 4.79 Å². The second kappa shape index (κ2) is 6.67. The average molecular weight is 258 g/mol. The van der Waals surface area contributed by atoms with Crippen LogP contribution in [-0.4, -0.2) is 23.1 Å². The molecule has 0 bridgehead atoms. The minimum atomic E-state index is -0.116. The summed E-state index contributed by atoms with van der Waals surface area (Å²) in [5, 5.41) is 3.40. The summed E-state index contributed by atoms with van der Waals surface area (Å²) in [5.74, 6) is -0.116. The molecule has 0 aliphatic heterocycles. The first-order chi connectivity index (χ1) is 8.08. The Labute approximate surface area is 107 Å². The molecule has 0 fully saturated rings. The highest BCUT2D eigenvalue weighted by Gasteiger charge is 2.13. The largest absolute Gasteiger partial charge is 0.349 e. The van der Waals surface area contributed by atoms with E-state index in [0.717, 1.165) is 19.4 Å². The molecule has 0 saturated carbocycles. The van der Waals surface area contributed by atoms with Crippen LogP contribution in [0.25, 0.3) is 0 Å². The molecule has 4 nitrogen and oxygen atoms in total. The molecule has 0 aliphatic rings. The van der Waals surface area contributed by atoms with Crippen LogP contribution < -0.4 is 11.1 Å². The number of carbonyl (C=O) groups is 1. The topological polar surface area (TPSA) is 60.0 Å². The zero-order chi connectivity index (χ0) is 12.8. The minimum Gasteiger partial charge on any atom is -0.349 e. The maximum absolute atomic E-state index is 11.9. The number of carbonyl (C=O) groups excluding carboxylic acids is 1. The van der Waals surface area contributed by atoms with Crippen molar-refractivity contribution in [1.82, 2.24) is 9.88 Å². The Morgan fingerprint density at radius 3 is 2.88 bits per heavy atom. The van der Waals surface area contributed by atoms with E-state index in [-0.39, 0.29) is 11.9 Å². The van der Waals surface area contributed by atoms with Crippen LogP contribution in [0.4, 0.5) is 0 Å². The first-order valence-corrected chi connectivity index (χ1v) is 6.35. The van der Waals surface area contributed by atoms with Crippen molar-refractivity contribution in [3.8, 4) is 0 Å². The molecule has 0 saturated heterocycles. The van der Waals surface area contributed by atoms with Crippen molar-refractivity contribution in [2.24, 2.45) is 5.73 Å². The summed E-state index contributed by atoms with van der Waals surface area (Å²) >= 11 is 5.91. The van der Waals surface area contributed by atoms with Crippen molar-refractivity contribution in [2.45, 2.75) is 39.3 Å². The summed E-state index contributed by atoms with van der Waals surface area (Å²) in [6.07, 6.45) is 3.58. The van der Waals surface area contributed by atoms with Gasteiger partial charge in [0.15, 0.2) is 0 Å². The monoisotopic (exact) mass is 257 g/mol. The number of aromatic nitrogens is 1. The van der Waals surface area contributed by atoms with E-state index >= 15 is 0 Å². The van der Waals surface area contributed by atoms with Crippen molar-refractivity contribution >= 4 is 17.5 Å². The number of hydrogen-bond acceptors (Lipinski definition) is 2. The molecular formula is C12H20ClN3O. The van der Waals surface area contributed by atoms with Crippen molar-refractivity contribution in [3.05, 3.63) is 23.0 Å². The normalized spacial score (nSPS) is 12.5. The third-order valence-electron chi connectivity index (χ3n) is 2.61. The maximum Gasteiger partial charge on any atom is 0.268 e. The molecule has 0 aromatic carbocycles. The summed E-state index contributed by atoms with van der Waals surface area (Å²) in [4.78, 5) is 11.9. The quantitative estimate of drug-likeness (QED) is 0.819. The van der Waals surface area contributed by atoms with Crippen LogP contribution in [0, 0.1) is 0 Å². The molecule has 1 unspecified atom stereocenters. The molecule has 0 aliphatic carbocycles. The van der Waals surface area contributed by atoms with Crippen molar-refractivity contribution in [1.29, 1.82) is 0 Å². The summed E-state index contributed by atoms with van der Waals surface area (Å²) in [6.45, 7) is 5.33. The number of nitrogens with zero attached hydrogens (tertiary/aromatic N) is 1. The number of rotatable bonds is 6. The number of amides is 1. The molecule has 1 aromatic rings. The van der Waals surface area contributed by atoms with E-state index in [0.29, 0.717) is 17.3 Å². The maximum atomic E-state index is 11.9. The summed E-state index contributed by atoms with van der Waals surface area (Å²) < 4.78 is 1.87. The number of nitrogens with two attached hydrogens (primary N) is 1. The molecule has 0 spiro atoms. The van der Waals surface area contributed by atoms with Gasteiger partial charge in [0.05, 0.1) is 5.02 Å². The summed E-state index contributed by atoms with van der Waals surface area (Å²) in [7, 11) is 0. The average Bonchev–Trinajstić information content (AvgIpc) is 2.67. The van der Waals surface area contributed by atoms with Crippen LogP contribution in [0.5, 0.6) is 0 Å². The zero-order valence-electron chi connectivity index (χ0n) is 10.4. The van der Waals surface area contributed by atoms with Crippen LogP contribution in [0.15, 0.2) is 12.3 Å². The van der Waals surface area contributed by atoms with E-state index in [1.165, 1.54) is 0 Å². The van der Waals surface area contributed by atoms with Crippen LogP contribution in [-0.2, 0) is 6.54 Å². The van der Waals surface area contributed by atoms with Gasteiger partial charge in [-0.2, -0.15) is 0 Å². The van der Waals surface area contributed by atoms with E-state index in [2.05, 4.69) is 12.2 Å². The predicted octanol–water partition coefficient (Wildman–Crippen LogP) is 2.02. The lowest BCUT2D eigenvalue weighted by atomic mass is 10.2. The highest BCUT2D eigenvalue weighted by atomic mass is 35.5. The van der Waals surface area contributed by atoms with Gasteiger partial charge in [-0.3, -0.25) is 4.79 Å². The van der Waals surface area contributed by atoms with Crippen molar-refractivity contribution in [2.75, 3.05) is 6.54 Å². The lowest BCUT2D eigenvalue weighted by Crippen LogP contribution is -2.37. The van der Waals surface area contributed by atoms with E-state index in [9.17, 15) is 4.79 Å². The lowest BCUT2D eigenvalue weighted by Gasteiger charge is -2.11. The van der Waals surface area contributed by atoms with Crippen LogP contribution in [0.3, 0.4) is 0 Å². The van der Waals surface area contributed by atoms with Crippen LogP contribution >= 0.6 is 11.6 Å². The molecule has 0 radical (unpaired) electrons. The van der Waals surface area contributed by atoms with E-state index in [1.807, 2.05) is 11.5 Å². The highest BCUT2D eigenvalue weighted by molar-refractivity contribution is 6.31. The molecule has 96 valence electrons. The number of aryl methyl sites for hydroxylation is 1. The molecule has 1 rings (SSSR count). The smallest absolute Gasteiger partial charge is 0.268 e. The highest BCUT2D eigenvalue weighted by Crippen LogP contribution is 2.14. The SMILES string of the molecule is CCCn1cc(Cl)cc1C(=O)NCC(N)CC. The van der Waals surface area contributed by atoms with Gasteiger partial charge in [-0.25, -0.2) is 0 Å². The predicted molar refractivity (Wildman–Crippen MR) is 70.3 cm³/mol. The Balaban J connectivity index is 2.67. The molecule has 1 atom stereocenters. The van der Waals surface area contributed by atoms with Gasteiger partial charge in [0, 0.05) is 25.3 Å². The van der Waals surface area contributed by atoms with Gasteiger partial charge in [0.1, 0.15) is 5.69 Å². The van der Waals surface area contributed by atoms with Gasteiger partial charge in [-0.15, -0.1) is 0 Å². The Hall–Kier alpha value is -1.00. The van der Waals surface area contributed by atoms with E-state index < -0.39 is 0 Å². The van der Waals surface area contributed by atoms with Crippen LogP contribution in [0.2, 0.25) is 5.02 Å². The molecular weight excluding hydrogens is 238 g/mol. The second-order valence-corrected chi connectivity index (χ2v) is 4.55. The van der Waals surface area contributed by atoms with Gasteiger partial charge < -0.3 is 15.6 Å². The fourth-order valence-corrected chi connectivity index (χ4v) is 1.77. The minimum absolute atomic E-state index is 0.00371. The number of nitrogens with one attached hydrogen (secondary N) is 1. The Morgan fingerprint density at radius 1 is 1.59 bits per heavy atom. The van der Waals surface area contributed by atoms with Gasteiger partial charge in [0.25, 0.3) is 5.91 Å². The fourth-order valence-electron chi connectivity index (χ4n) is 1.55. The standard InChI is InChI=1S/C12H20ClN3O/c1-3-5-16-8-9(13)6-11(16)12(17)15-7-10(14)4-2/h6,8,10H,3-5,7,14H2,1-2H3,(H,15,17). The first kappa shape index (κ1) is 14.1. The van der Waals surface area contributed by atoms with Crippen molar-refractivity contribution in [3.63, 3.8) is 0 Å². The zero-order valence-corrected chi connectivity index (χ0v) is 11.1. The first-order valence-electron chi connectivity index (χ1n) is 5.97. The molecule has 1 amide bonds. The van der Waals surface area contributed by atoms with Crippen LogP contribution in [0.1, 0.15) is 37.2 Å². The van der Waals surface area contributed by atoms with Gasteiger partial charge >= 0.3 is 0 Å². The van der Waals surface area contributed by atoms with Gasteiger partial charge in [-0.05, 0) is 18.9 Å². The molecule has 5 heteroatoms.